The van der Waals surface area contributed by atoms with Crippen LogP contribution in [0.1, 0.15) is 5.56 Å². The lowest BCUT2D eigenvalue weighted by molar-refractivity contribution is -0.199. The Kier molecular flexibility index (Phi) is 6.07. The van der Waals surface area contributed by atoms with Crippen molar-refractivity contribution in [3.63, 3.8) is 0 Å². The summed E-state index contributed by atoms with van der Waals surface area (Å²) in [6.45, 7) is 0.173. The minimum Gasteiger partial charge on any atom is -0.323 e. The largest absolute Gasteiger partial charge is 0.493 e. The summed E-state index contributed by atoms with van der Waals surface area (Å²) in [5.41, 5.74) is -1.17. The molecule has 1 N–H and O–H groups in total. The van der Waals surface area contributed by atoms with Gasteiger partial charge in [-0.05, 0) is 48.4 Å². The van der Waals surface area contributed by atoms with E-state index < -0.39 is 33.3 Å². The predicted molar refractivity (Wildman–Crippen MR) is 131 cm³/mol. The van der Waals surface area contributed by atoms with Crippen LogP contribution in [-0.2, 0) is 21.2 Å². The van der Waals surface area contributed by atoms with Crippen LogP contribution in [0.15, 0.2) is 76.4 Å². The molecular formula is C24H16ClF3N4O5S. The number of halogens is 4. The number of hydrogen-bond acceptors (Lipinski definition) is 6. The molecule has 14 heteroatoms. The van der Waals surface area contributed by atoms with Crippen LogP contribution in [0, 0.1) is 5.41 Å². The van der Waals surface area contributed by atoms with Gasteiger partial charge >= 0.3 is 17.8 Å². The van der Waals surface area contributed by atoms with E-state index in [1.165, 1.54) is 40.7 Å². The number of fused-ring (bicyclic) bond motifs is 2. The fraction of sp³-hybridized carbons (Fsp3) is 0.125. The molecule has 38 heavy (non-hydrogen) atoms. The molecule has 1 aliphatic heterocycles. The van der Waals surface area contributed by atoms with Gasteiger partial charge in [-0.25, -0.2) is 22.6 Å². The van der Waals surface area contributed by atoms with Gasteiger partial charge in [0, 0.05) is 11.9 Å². The summed E-state index contributed by atoms with van der Waals surface area (Å²) in [5.74, 6) is -2.66. The summed E-state index contributed by atoms with van der Waals surface area (Å²) in [7, 11) is -4.16. The van der Waals surface area contributed by atoms with Gasteiger partial charge in [-0.3, -0.25) is 9.71 Å². The van der Waals surface area contributed by atoms with Crippen molar-refractivity contribution in [1.29, 1.82) is 5.41 Å². The number of sulfonamides is 1. The number of hydrogen-bond donors (Lipinski definition) is 1. The molecule has 0 aliphatic carbocycles. The van der Waals surface area contributed by atoms with E-state index in [1.807, 2.05) is 0 Å². The second kappa shape index (κ2) is 9.03. The van der Waals surface area contributed by atoms with Crippen molar-refractivity contribution in [2.24, 2.45) is 0 Å². The van der Waals surface area contributed by atoms with Crippen LogP contribution < -0.4 is 20.3 Å². The van der Waals surface area contributed by atoms with Gasteiger partial charge in [-0.1, -0.05) is 41.9 Å². The Bertz CT molecular complexity index is 1850. The summed E-state index contributed by atoms with van der Waals surface area (Å²) in [6, 6.07) is 15.7. The van der Waals surface area contributed by atoms with Crippen LogP contribution in [0.2, 0.25) is 5.02 Å². The van der Waals surface area contributed by atoms with Crippen molar-refractivity contribution in [2.75, 3.05) is 10.8 Å². The maximum absolute atomic E-state index is 13.5. The Balaban J connectivity index is 1.72. The molecule has 5 rings (SSSR count). The van der Waals surface area contributed by atoms with Gasteiger partial charge in [0.15, 0.2) is 0 Å². The standard InChI is InChI=1S/C24H16ClF3N4O5S/c25-17-10-9-15(38(35,36)30-12-11-14-5-1-3-7-18(14)30)13-20(17)31-21(29)16-6-2-4-8-19(16)32(23(31)34)37-22(33)24(26,27)28/h1-10,13,29H,11-12H2. The van der Waals surface area contributed by atoms with Gasteiger partial charge in [0.25, 0.3) is 10.0 Å². The lowest BCUT2D eigenvalue weighted by Gasteiger charge is -2.21. The average Bonchev–Trinajstić information content (AvgIpc) is 3.32. The van der Waals surface area contributed by atoms with Crippen molar-refractivity contribution in [3.8, 4) is 5.69 Å². The molecular weight excluding hydrogens is 549 g/mol. The quantitative estimate of drug-likeness (QED) is 0.409. The Labute approximate surface area is 217 Å². The first-order chi connectivity index (χ1) is 17.9. The fourth-order valence-corrected chi connectivity index (χ4v) is 5.94. The summed E-state index contributed by atoms with van der Waals surface area (Å²) >= 11 is 6.30. The van der Waals surface area contributed by atoms with E-state index in [0.717, 1.165) is 11.6 Å². The highest BCUT2D eigenvalue weighted by Gasteiger charge is 2.42. The summed E-state index contributed by atoms with van der Waals surface area (Å²) in [4.78, 5) is 29.0. The van der Waals surface area contributed by atoms with E-state index in [2.05, 4.69) is 4.84 Å². The van der Waals surface area contributed by atoms with Crippen LogP contribution in [0.5, 0.6) is 0 Å². The average molecular weight is 565 g/mol. The number of carbonyl (C=O) groups excluding carboxylic acids is 1. The van der Waals surface area contributed by atoms with Crippen molar-refractivity contribution in [2.45, 2.75) is 17.5 Å². The highest BCUT2D eigenvalue weighted by atomic mass is 35.5. The van der Waals surface area contributed by atoms with Gasteiger partial charge in [0.1, 0.15) is 5.49 Å². The molecule has 9 nitrogen and oxygen atoms in total. The number of para-hydroxylation sites is 2. The normalized spacial score (nSPS) is 13.5. The zero-order valence-electron chi connectivity index (χ0n) is 19.1. The Morgan fingerprint density at radius 3 is 2.42 bits per heavy atom. The third-order valence-electron chi connectivity index (χ3n) is 5.96. The van der Waals surface area contributed by atoms with Crippen molar-refractivity contribution >= 4 is 44.2 Å². The van der Waals surface area contributed by atoms with E-state index in [4.69, 9.17) is 17.0 Å². The number of nitrogens with zero attached hydrogens (tertiary/aromatic N) is 3. The molecule has 0 fully saturated rings. The number of alkyl halides is 3. The van der Waals surface area contributed by atoms with Gasteiger partial charge in [-0.15, -0.1) is 4.73 Å². The smallest absolute Gasteiger partial charge is 0.323 e. The van der Waals surface area contributed by atoms with Crippen LogP contribution in [0.25, 0.3) is 16.6 Å². The summed E-state index contributed by atoms with van der Waals surface area (Å²) in [5, 5.41) is 8.33. The van der Waals surface area contributed by atoms with Crippen molar-refractivity contribution < 1.29 is 31.2 Å². The topological polar surface area (TPSA) is 114 Å². The zero-order valence-corrected chi connectivity index (χ0v) is 20.6. The third-order valence-corrected chi connectivity index (χ3v) is 8.09. The first kappa shape index (κ1) is 25.5. The van der Waals surface area contributed by atoms with Gasteiger partial charge in [0.05, 0.1) is 26.8 Å². The number of nitrogens with one attached hydrogen (secondary N) is 1. The zero-order chi connectivity index (χ0) is 27.4. The second-order valence-electron chi connectivity index (χ2n) is 8.22. The predicted octanol–water partition coefficient (Wildman–Crippen LogP) is 3.19. The van der Waals surface area contributed by atoms with E-state index in [9.17, 15) is 31.2 Å². The molecule has 196 valence electrons. The lowest BCUT2D eigenvalue weighted by Crippen LogP contribution is -2.45. The van der Waals surface area contributed by atoms with E-state index in [-0.39, 0.29) is 37.8 Å². The van der Waals surface area contributed by atoms with Crippen LogP contribution >= 0.6 is 11.6 Å². The minimum absolute atomic E-state index is 0.0696. The molecule has 2 heterocycles. The Morgan fingerprint density at radius 1 is 1.00 bits per heavy atom. The lowest BCUT2D eigenvalue weighted by atomic mass is 10.2. The molecule has 0 atom stereocenters. The van der Waals surface area contributed by atoms with Gasteiger partial charge in [0.2, 0.25) is 0 Å². The molecule has 4 aromatic rings. The number of carbonyl (C=O) groups is 1. The molecule has 0 unspecified atom stereocenters. The molecule has 0 saturated heterocycles. The Hall–Kier alpha value is -4.10. The summed E-state index contributed by atoms with van der Waals surface area (Å²) in [6.07, 6.45) is -4.93. The monoisotopic (exact) mass is 564 g/mol. The molecule has 1 aromatic heterocycles. The van der Waals surface area contributed by atoms with Crippen molar-refractivity contribution in [1.82, 2.24) is 9.30 Å². The maximum Gasteiger partial charge on any atom is 0.493 e. The highest BCUT2D eigenvalue weighted by molar-refractivity contribution is 7.92. The highest BCUT2D eigenvalue weighted by Crippen LogP contribution is 2.34. The molecule has 0 saturated carbocycles. The minimum atomic E-state index is -5.41. The first-order valence-electron chi connectivity index (χ1n) is 10.9. The van der Waals surface area contributed by atoms with Crippen molar-refractivity contribution in [3.05, 3.63) is 93.3 Å². The third kappa shape index (κ3) is 4.13. The maximum atomic E-state index is 13.5. The molecule has 1 aliphatic rings. The van der Waals surface area contributed by atoms with Gasteiger partial charge < -0.3 is 4.84 Å². The number of rotatable bonds is 4. The van der Waals surface area contributed by atoms with Crippen LogP contribution in [-0.4, -0.2) is 36.4 Å². The fourth-order valence-electron chi connectivity index (χ4n) is 4.22. The van der Waals surface area contributed by atoms with Gasteiger partial charge in [-0.2, -0.15) is 13.2 Å². The molecule has 0 radical (unpaired) electrons. The first-order valence-corrected chi connectivity index (χ1v) is 12.7. The van der Waals surface area contributed by atoms with Crippen LogP contribution in [0.3, 0.4) is 0 Å². The second-order valence-corrected chi connectivity index (χ2v) is 10.5. The summed E-state index contributed by atoms with van der Waals surface area (Å²) < 4.78 is 67.8. The van der Waals surface area contributed by atoms with E-state index in [0.29, 0.717) is 16.7 Å². The van der Waals surface area contributed by atoms with Crippen LogP contribution in [0.4, 0.5) is 18.9 Å². The Morgan fingerprint density at radius 2 is 1.68 bits per heavy atom. The van der Waals surface area contributed by atoms with E-state index in [1.54, 1.807) is 24.3 Å². The molecule has 3 aromatic carbocycles. The number of benzene rings is 3. The molecule has 0 amide bonds. The SMILES string of the molecule is N=c1c2ccccc2n(OC(=O)C(F)(F)F)c(=O)n1-c1cc(S(=O)(=O)N2CCc3ccccc32)ccc1Cl. The van der Waals surface area contributed by atoms with E-state index >= 15 is 0 Å². The molecule has 0 bridgehead atoms. The molecule has 0 spiro atoms. The number of aromatic nitrogens is 2. The number of anilines is 1.